The predicted molar refractivity (Wildman–Crippen MR) is 91.5 cm³/mol. The molecular formula is C17H23FN4O2. The summed E-state index contributed by atoms with van der Waals surface area (Å²) in [6, 6.07) is 3.68. The molecule has 0 bridgehead atoms. The maximum atomic E-state index is 13.0. The number of phenols is 1. The smallest absolute Gasteiger partial charge is 0.296 e. The van der Waals surface area contributed by atoms with Crippen molar-refractivity contribution in [2.24, 2.45) is 4.99 Å². The normalized spacial score (nSPS) is 19.2. The maximum Gasteiger partial charge on any atom is 0.296 e. The van der Waals surface area contributed by atoms with Crippen LogP contribution < -0.4 is 5.43 Å². The van der Waals surface area contributed by atoms with Gasteiger partial charge in [-0.2, -0.15) is 4.99 Å². The zero-order valence-corrected chi connectivity index (χ0v) is 14.2. The minimum Gasteiger partial charge on any atom is -0.507 e. The predicted octanol–water partition coefficient (Wildman–Crippen LogP) is 2.33. The molecule has 0 saturated carbocycles. The molecule has 0 radical (unpaired) electrons. The quantitative estimate of drug-likeness (QED) is 0.772. The number of amides is 1. The number of nitrogens with one attached hydrogen (secondary N) is 1. The van der Waals surface area contributed by atoms with Gasteiger partial charge in [0.25, 0.3) is 5.91 Å². The molecule has 130 valence electrons. The second kappa shape index (κ2) is 7.92. The Morgan fingerprint density at radius 2 is 2.08 bits per heavy atom. The van der Waals surface area contributed by atoms with E-state index in [9.17, 15) is 14.3 Å². The number of hydrogen-bond donors (Lipinski definition) is 2. The largest absolute Gasteiger partial charge is 0.507 e. The number of benzene rings is 1. The Kier molecular flexibility index (Phi) is 5.92. The van der Waals surface area contributed by atoms with Crippen LogP contribution in [-0.2, 0) is 4.79 Å². The standard InChI is InChI=1S/C15H17FN4O2.C2H6/c1-19-12(8-10-4-5-11(16)9-13(10)21)14(22)18-15(19)20-7-3-2-6-17-20;1-2/h4-5,8-9,17,21H,2-3,6-7H2,1H3;1-2H3/b12-8-;. The van der Waals surface area contributed by atoms with Crippen LogP contribution in [0.1, 0.15) is 32.3 Å². The lowest BCUT2D eigenvalue weighted by atomic mass is 10.1. The lowest BCUT2D eigenvalue weighted by Crippen LogP contribution is -2.51. The third-order valence-corrected chi connectivity index (χ3v) is 3.72. The first-order valence-corrected chi connectivity index (χ1v) is 8.14. The van der Waals surface area contributed by atoms with Crippen molar-refractivity contribution in [3.63, 3.8) is 0 Å². The van der Waals surface area contributed by atoms with Crippen molar-refractivity contribution in [2.75, 3.05) is 20.1 Å². The molecule has 0 unspecified atom stereocenters. The summed E-state index contributed by atoms with van der Waals surface area (Å²) >= 11 is 0. The zero-order chi connectivity index (χ0) is 17.7. The number of hydrazine groups is 1. The van der Waals surface area contributed by atoms with Gasteiger partial charge in [0.15, 0.2) is 0 Å². The summed E-state index contributed by atoms with van der Waals surface area (Å²) in [7, 11) is 1.74. The van der Waals surface area contributed by atoms with Gasteiger partial charge < -0.3 is 10.0 Å². The molecule has 0 spiro atoms. The number of hydrogen-bond acceptors (Lipinski definition) is 5. The van der Waals surface area contributed by atoms with Crippen LogP contribution in [0, 0.1) is 5.82 Å². The van der Waals surface area contributed by atoms with E-state index in [-0.39, 0.29) is 11.7 Å². The van der Waals surface area contributed by atoms with E-state index in [1.54, 1.807) is 11.9 Å². The highest BCUT2D eigenvalue weighted by Gasteiger charge is 2.31. The fraction of sp³-hybridized carbons (Fsp3) is 0.412. The molecule has 2 aliphatic rings. The van der Waals surface area contributed by atoms with Crippen molar-refractivity contribution in [2.45, 2.75) is 26.7 Å². The first kappa shape index (κ1) is 17.9. The molecule has 2 heterocycles. The van der Waals surface area contributed by atoms with Gasteiger partial charge in [-0.05, 0) is 31.1 Å². The highest BCUT2D eigenvalue weighted by molar-refractivity contribution is 6.12. The summed E-state index contributed by atoms with van der Waals surface area (Å²) in [6.07, 6.45) is 3.64. The van der Waals surface area contributed by atoms with E-state index in [2.05, 4.69) is 10.4 Å². The first-order chi connectivity index (χ1) is 11.6. The molecule has 1 aromatic rings. The number of carbonyl (C=O) groups excluding carboxylic acids is 1. The van der Waals surface area contributed by atoms with Crippen molar-refractivity contribution in [1.82, 2.24) is 15.3 Å². The Labute approximate surface area is 141 Å². The van der Waals surface area contributed by atoms with E-state index in [4.69, 9.17) is 0 Å². The fourth-order valence-corrected chi connectivity index (χ4v) is 2.52. The highest BCUT2D eigenvalue weighted by Crippen LogP contribution is 2.25. The Balaban J connectivity index is 0.00000100. The van der Waals surface area contributed by atoms with Gasteiger partial charge in [-0.15, -0.1) is 0 Å². The summed E-state index contributed by atoms with van der Waals surface area (Å²) in [4.78, 5) is 17.8. The van der Waals surface area contributed by atoms with Crippen LogP contribution in [0.2, 0.25) is 0 Å². The number of phenolic OH excluding ortho intramolecular Hbond substituents is 1. The van der Waals surface area contributed by atoms with Gasteiger partial charge in [0.1, 0.15) is 17.3 Å². The molecule has 24 heavy (non-hydrogen) atoms. The Hall–Kier alpha value is -2.41. The summed E-state index contributed by atoms with van der Waals surface area (Å²) in [5.74, 6) is -0.579. The van der Waals surface area contributed by atoms with E-state index in [0.717, 1.165) is 32.0 Å². The third-order valence-electron chi connectivity index (χ3n) is 3.72. The van der Waals surface area contributed by atoms with E-state index >= 15 is 0 Å². The minimum atomic E-state index is -0.528. The van der Waals surface area contributed by atoms with Crippen LogP contribution in [0.5, 0.6) is 5.75 Å². The van der Waals surface area contributed by atoms with Gasteiger partial charge in [0.05, 0.1) is 0 Å². The molecule has 2 aliphatic heterocycles. The van der Waals surface area contributed by atoms with E-state index in [0.29, 0.717) is 17.2 Å². The second-order valence-corrected chi connectivity index (χ2v) is 5.28. The lowest BCUT2D eigenvalue weighted by Gasteiger charge is -2.32. The van der Waals surface area contributed by atoms with Crippen molar-refractivity contribution in [3.05, 3.63) is 35.3 Å². The molecule has 1 fully saturated rings. The van der Waals surface area contributed by atoms with Crippen molar-refractivity contribution in [1.29, 1.82) is 0 Å². The monoisotopic (exact) mass is 334 g/mol. The third kappa shape index (κ3) is 3.73. The summed E-state index contributed by atoms with van der Waals surface area (Å²) in [5.41, 5.74) is 3.91. The topological polar surface area (TPSA) is 68.2 Å². The van der Waals surface area contributed by atoms with Gasteiger partial charge in [0.2, 0.25) is 5.96 Å². The Bertz CT molecular complexity index is 667. The molecule has 1 saturated heterocycles. The molecule has 0 atom stereocenters. The van der Waals surface area contributed by atoms with Gasteiger partial charge in [-0.3, -0.25) is 9.80 Å². The van der Waals surface area contributed by atoms with Crippen LogP contribution in [0.25, 0.3) is 6.08 Å². The molecule has 1 amide bonds. The number of nitrogens with zero attached hydrogens (tertiary/aromatic N) is 3. The number of guanidine groups is 1. The average Bonchev–Trinajstić information content (AvgIpc) is 2.88. The molecule has 0 aliphatic carbocycles. The number of halogens is 1. The SMILES string of the molecule is CC.CN1C(N2CCCCN2)=NC(=O)/C1=C/c1ccc(F)cc1O. The minimum absolute atomic E-state index is 0.210. The summed E-state index contributed by atoms with van der Waals surface area (Å²) in [6.45, 7) is 5.63. The average molecular weight is 334 g/mol. The van der Waals surface area contributed by atoms with Crippen molar-refractivity contribution >= 4 is 17.9 Å². The first-order valence-electron chi connectivity index (χ1n) is 8.14. The van der Waals surface area contributed by atoms with E-state index < -0.39 is 5.82 Å². The van der Waals surface area contributed by atoms with Gasteiger partial charge >= 0.3 is 0 Å². The zero-order valence-electron chi connectivity index (χ0n) is 14.2. The Morgan fingerprint density at radius 3 is 2.71 bits per heavy atom. The summed E-state index contributed by atoms with van der Waals surface area (Å²) in [5, 5.41) is 11.6. The number of rotatable bonds is 1. The summed E-state index contributed by atoms with van der Waals surface area (Å²) < 4.78 is 13.0. The highest BCUT2D eigenvalue weighted by atomic mass is 19.1. The van der Waals surface area contributed by atoms with Crippen LogP contribution in [0.15, 0.2) is 28.9 Å². The molecule has 2 N–H and O–H groups in total. The van der Waals surface area contributed by atoms with Crippen molar-refractivity contribution in [3.8, 4) is 5.75 Å². The number of aromatic hydroxyl groups is 1. The van der Waals surface area contributed by atoms with Crippen LogP contribution in [-0.4, -0.2) is 47.0 Å². The van der Waals surface area contributed by atoms with Crippen molar-refractivity contribution < 1.29 is 14.3 Å². The molecule has 6 nitrogen and oxygen atoms in total. The number of carbonyl (C=O) groups is 1. The number of likely N-dealkylation sites (N-methyl/N-ethyl adjacent to an activating group) is 1. The Morgan fingerprint density at radius 1 is 1.33 bits per heavy atom. The van der Waals surface area contributed by atoms with Crippen LogP contribution in [0.3, 0.4) is 0 Å². The van der Waals surface area contributed by atoms with Gasteiger partial charge in [-0.25, -0.2) is 9.82 Å². The van der Waals surface area contributed by atoms with E-state index in [1.165, 1.54) is 18.2 Å². The molecule has 3 rings (SSSR count). The maximum absolute atomic E-state index is 13.0. The number of aliphatic imine (C=N–C) groups is 1. The van der Waals surface area contributed by atoms with Gasteiger partial charge in [0, 0.05) is 31.8 Å². The van der Waals surface area contributed by atoms with Gasteiger partial charge in [-0.1, -0.05) is 13.8 Å². The van der Waals surface area contributed by atoms with Crippen LogP contribution in [0.4, 0.5) is 4.39 Å². The van der Waals surface area contributed by atoms with E-state index in [1.807, 2.05) is 18.9 Å². The molecule has 7 heteroatoms. The molecular weight excluding hydrogens is 311 g/mol. The lowest BCUT2D eigenvalue weighted by molar-refractivity contribution is -0.114. The fourth-order valence-electron chi connectivity index (χ4n) is 2.52. The molecule has 1 aromatic carbocycles. The molecule has 0 aromatic heterocycles. The van der Waals surface area contributed by atoms with Crippen LogP contribution >= 0.6 is 0 Å². The second-order valence-electron chi connectivity index (χ2n) is 5.28.